The lowest BCUT2D eigenvalue weighted by molar-refractivity contribution is 0.0689. The molecule has 6 nitrogen and oxygen atoms in total. The van der Waals surface area contributed by atoms with Gasteiger partial charge in [0.2, 0.25) is 0 Å². The van der Waals surface area contributed by atoms with E-state index in [-0.39, 0.29) is 17.3 Å². The van der Waals surface area contributed by atoms with Crippen LogP contribution in [0.3, 0.4) is 0 Å². The molecule has 2 aromatic rings. The maximum Gasteiger partial charge on any atom is 0.356 e. The second-order valence-corrected chi connectivity index (χ2v) is 4.74. The molecule has 1 amide bonds. The monoisotopic (exact) mass is 299 g/mol. The van der Waals surface area contributed by atoms with E-state index in [4.69, 9.17) is 5.11 Å². The first-order valence-corrected chi connectivity index (χ1v) is 7.05. The average Bonchev–Trinajstić information content (AvgIpc) is 2.56. The summed E-state index contributed by atoms with van der Waals surface area (Å²) in [5.74, 6) is -1.46. The first-order chi connectivity index (χ1) is 10.6. The molecule has 2 rings (SSSR count). The van der Waals surface area contributed by atoms with E-state index < -0.39 is 5.97 Å². The molecule has 0 radical (unpaired) electrons. The third-order valence-electron chi connectivity index (χ3n) is 3.14. The van der Waals surface area contributed by atoms with Gasteiger partial charge in [-0.2, -0.15) is 0 Å². The van der Waals surface area contributed by atoms with Crippen molar-refractivity contribution >= 4 is 17.6 Å². The third-order valence-corrected chi connectivity index (χ3v) is 3.14. The summed E-state index contributed by atoms with van der Waals surface area (Å²) >= 11 is 0. The number of carboxylic acids is 1. The van der Waals surface area contributed by atoms with E-state index in [1.54, 1.807) is 4.90 Å². The lowest BCUT2D eigenvalue weighted by atomic mass is 10.2. The quantitative estimate of drug-likeness (QED) is 0.886. The molecule has 0 aliphatic heterocycles. The fraction of sp³-hybridized carbons (Fsp3) is 0.250. The van der Waals surface area contributed by atoms with Gasteiger partial charge >= 0.3 is 5.97 Å². The number of aromatic carboxylic acids is 1. The number of rotatable bonds is 6. The minimum Gasteiger partial charge on any atom is -0.476 e. The van der Waals surface area contributed by atoms with Gasteiger partial charge < -0.3 is 10.0 Å². The van der Waals surface area contributed by atoms with Crippen LogP contribution in [-0.4, -0.2) is 33.5 Å². The Bertz CT molecular complexity index is 641. The number of carbonyl (C=O) groups is 2. The van der Waals surface area contributed by atoms with Gasteiger partial charge in [0.1, 0.15) is 5.69 Å². The average molecular weight is 299 g/mol. The Morgan fingerprint density at radius 2 is 1.73 bits per heavy atom. The van der Waals surface area contributed by atoms with Crippen molar-refractivity contribution < 1.29 is 14.7 Å². The molecule has 0 bridgehead atoms. The van der Waals surface area contributed by atoms with Crippen molar-refractivity contribution in [2.75, 3.05) is 11.4 Å². The number of para-hydroxylation sites is 1. The standard InChI is InChI=1S/C16H17N3O3/c1-2-3-9-19(12-7-5-4-6-8-12)15(20)13-10-18-14(11-17-13)16(21)22/h4-8,10-11H,2-3,9H2,1H3,(H,21,22). The Hall–Kier alpha value is -2.76. The predicted octanol–water partition coefficient (Wildman–Crippen LogP) is 2.62. The molecule has 0 unspecified atom stereocenters. The fourth-order valence-electron chi connectivity index (χ4n) is 1.96. The SMILES string of the molecule is CCCCN(C(=O)c1cnc(C(=O)O)cn1)c1ccccc1. The summed E-state index contributed by atoms with van der Waals surface area (Å²) in [7, 11) is 0. The number of nitrogens with zero attached hydrogens (tertiary/aromatic N) is 3. The zero-order valence-corrected chi connectivity index (χ0v) is 12.3. The molecule has 0 spiro atoms. The van der Waals surface area contributed by atoms with Gasteiger partial charge in [0.25, 0.3) is 5.91 Å². The van der Waals surface area contributed by atoms with Crippen LogP contribution in [0.2, 0.25) is 0 Å². The summed E-state index contributed by atoms with van der Waals surface area (Å²) in [5.41, 5.74) is 0.728. The van der Waals surface area contributed by atoms with Gasteiger partial charge in [-0.3, -0.25) is 4.79 Å². The van der Waals surface area contributed by atoms with Crippen molar-refractivity contribution in [1.29, 1.82) is 0 Å². The molecular formula is C16H17N3O3. The summed E-state index contributed by atoms with van der Waals surface area (Å²) in [5, 5.41) is 8.82. The van der Waals surface area contributed by atoms with Gasteiger partial charge in [-0.1, -0.05) is 31.5 Å². The lowest BCUT2D eigenvalue weighted by Gasteiger charge is -2.22. The zero-order valence-electron chi connectivity index (χ0n) is 12.3. The number of carboxylic acid groups (broad SMARTS) is 1. The molecule has 1 aromatic heterocycles. The first-order valence-electron chi connectivity index (χ1n) is 7.05. The van der Waals surface area contributed by atoms with E-state index in [2.05, 4.69) is 16.9 Å². The van der Waals surface area contributed by atoms with Gasteiger partial charge in [-0.25, -0.2) is 14.8 Å². The molecule has 0 aliphatic rings. The molecule has 1 N–H and O–H groups in total. The number of anilines is 1. The van der Waals surface area contributed by atoms with Crippen LogP contribution < -0.4 is 4.90 Å². The van der Waals surface area contributed by atoms with E-state index in [0.29, 0.717) is 6.54 Å². The molecule has 0 aliphatic carbocycles. The van der Waals surface area contributed by atoms with E-state index in [9.17, 15) is 9.59 Å². The second-order valence-electron chi connectivity index (χ2n) is 4.74. The van der Waals surface area contributed by atoms with Crippen LogP contribution in [-0.2, 0) is 0 Å². The number of carbonyl (C=O) groups excluding carboxylic acids is 1. The molecule has 0 atom stereocenters. The van der Waals surface area contributed by atoms with Crippen LogP contribution in [0.15, 0.2) is 42.7 Å². The van der Waals surface area contributed by atoms with Crippen molar-refractivity contribution in [2.24, 2.45) is 0 Å². The van der Waals surface area contributed by atoms with Gasteiger partial charge in [-0.05, 0) is 18.6 Å². The Morgan fingerprint density at radius 3 is 2.27 bits per heavy atom. The fourth-order valence-corrected chi connectivity index (χ4v) is 1.96. The Kier molecular flexibility index (Phi) is 5.19. The Morgan fingerprint density at radius 1 is 1.09 bits per heavy atom. The second kappa shape index (κ2) is 7.31. The highest BCUT2D eigenvalue weighted by Crippen LogP contribution is 2.16. The first kappa shape index (κ1) is 15.6. The van der Waals surface area contributed by atoms with E-state index in [0.717, 1.165) is 24.7 Å². The zero-order chi connectivity index (χ0) is 15.9. The largest absolute Gasteiger partial charge is 0.476 e. The minimum atomic E-state index is -1.17. The Labute approximate surface area is 128 Å². The molecule has 0 saturated carbocycles. The number of amides is 1. The maximum absolute atomic E-state index is 12.6. The molecule has 1 aromatic carbocycles. The van der Waals surface area contributed by atoms with Crippen molar-refractivity contribution in [1.82, 2.24) is 9.97 Å². The highest BCUT2D eigenvalue weighted by molar-refractivity contribution is 6.04. The molecule has 22 heavy (non-hydrogen) atoms. The number of benzene rings is 1. The van der Waals surface area contributed by atoms with Crippen molar-refractivity contribution in [3.8, 4) is 0 Å². The summed E-state index contributed by atoms with van der Waals surface area (Å²) in [6.45, 7) is 2.62. The summed E-state index contributed by atoms with van der Waals surface area (Å²) in [4.78, 5) is 32.7. The number of aromatic nitrogens is 2. The molecule has 0 fully saturated rings. The number of unbranched alkanes of at least 4 members (excludes halogenated alkanes) is 1. The van der Waals surface area contributed by atoms with Crippen LogP contribution in [0, 0.1) is 0 Å². The van der Waals surface area contributed by atoms with Crippen LogP contribution in [0.5, 0.6) is 0 Å². The smallest absolute Gasteiger partial charge is 0.356 e. The van der Waals surface area contributed by atoms with Crippen LogP contribution in [0.4, 0.5) is 5.69 Å². The summed E-state index contributed by atoms with van der Waals surface area (Å²) in [6.07, 6.45) is 4.12. The lowest BCUT2D eigenvalue weighted by Crippen LogP contribution is -2.32. The van der Waals surface area contributed by atoms with Gasteiger partial charge in [-0.15, -0.1) is 0 Å². The molecule has 0 saturated heterocycles. The number of hydrogen-bond donors (Lipinski definition) is 1. The highest BCUT2D eigenvalue weighted by atomic mass is 16.4. The van der Waals surface area contributed by atoms with Gasteiger partial charge in [0, 0.05) is 12.2 Å². The van der Waals surface area contributed by atoms with Crippen molar-refractivity contribution in [2.45, 2.75) is 19.8 Å². The van der Waals surface area contributed by atoms with E-state index in [1.165, 1.54) is 6.20 Å². The van der Waals surface area contributed by atoms with Crippen molar-refractivity contribution in [3.63, 3.8) is 0 Å². The summed E-state index contributed by atoms with van der Waals surface area (Å²) in [6, 6.07) is 9.31. The van der Waals surface area contributed by atoms with Gasteiger partial charge in [0.15, 0.2) is 5.69 Å². The molecule has 114 valence electrons. The third kappa shape index (κ3) is 3.66. The van der Waals surface area contributed by atoms with Crippen LogP contribution >= 0.6 is 0 Å². The highest BCUT2D eigenvalue weighted by Gasteiger charge is 2.19. The topological polar surface area (TPSA) is 83.4 Å². The summed E-state index contributed by atoms with van der Waals surface area (Å²) < 4.78 is 0. The minimum absolute atomic E-state index is 0.130. The number of hydrogen-bond acceptors (Lipinski definition) is 4. The van der Waals surface area contributed by atoms with Crippen LogP contribution in [0.1, 0.15) is 40.7 Å². The maximum atomic E-state index is 12.6. The molecular weight excluding hydrogens is 282 g/mol. The van der Waals surface area contributed by atoms with Gasteiger partial charge in [0.05, 0.1) is 12.4 Å². The Balaban J connectivity index is 2.26. The van der Waals surface area contributed by atoms with E-state index >= 15 is 0 Å². The van der Waals surface area contributed by atoms with Crippen molar-refractivity contribution in [3.05, 3.63) is 54.1 Å². The molecule has 6 heteroatoms. The molecule has 1 heterocycles. The van der Waals surface area contributed by atoms with Crippen LogP contribution in [0.25, 0.3) is 0 Å². The normalized spacial score (nSPS) is 10.2. The van der Waals surface area contributed by atoms with E-state index in [1.807, 2.05) is 30.3 Å². The predicted molar refractivity (Wildman–Crippen MR) is 82.0 cm³/mol.